The van der Waals surface area contributed by atoms with E-state index in [0.29, 0.717) is 33.6 Å². The van der Waals surface area contributed by atoms with E-state index in [4.69, 9.17) is 21.1 Å². The number of anilines is 2. The topological polar surface area (TPSA) is 109 Å². The maximum atomic E-state index is 12.7. The van der Waals surface area contributed by atoms with Gasteiger partial charge in [0.25, 0.3) is 0 Å². The molecule has 0 aliphatic carbocycles. The highest BCUT2D eigenvalue weighted by atomic mass is 35.5. The van der Waals surface area contributed by atoms with Crippen molar-refractivity contribution in [2.45, 2.75) is 6.42 Å². The molecule has 0 bridgehead atoms. The van der Waals surface area contributed by atoms with E-state index >= 15 is 0 Å². The molecule has 31 heavy (non-hydrogen) atoms. The number of nitrogens with one attached hydrogen (secondary N) is 2. The molecule has 9 nitrogen and oxygen atoms in total. The Labute approximate surface area is 183 Å². The second kappa shape index (κ2) is 8.65. The van der Waals surface area contributed by atoms with Gasteiger partial charge in [0.2, 0.25) is 17.8 Å². The molecule has 10 heteroatoms. The smallest absolute Gasteiger partial charge is 0.249 e. The van der Waals surface area contributed by atoms with Crippen LogP contribution in [0.1, 0.15) is 6.42 Å². The van der Waals surface area contributed by atoms with Crippen molar-refractivity contribution >= 4 is 35.1 Å². The first kappa shape index (κ1) is 20.7. The Morgan fingerprint density at radius 2 is 1.97 bits per heavy atom. The van der Waals surface area contributed by atoms with Crippen molar-refractivity contribution in [2.75, 3.05) is 31.0 Å². The molecule has 1 atom stereocenters. The summed E-state index contributed by atoms with van der Waals surface area (Å²) in [6.07, 6.45) is 0.109. The van der Waals surface area contributed by atoms with Gasteiger partial charge in [0.1, 0.15) is 11.5 Å². The molecule has 2 aromatic carbocycles. The Bertz CT molecular complexity index is 1120. The third kappa shape index (κ3) is 4.31. The lowest BCUT2D eigenvalue weighted by atomic mass is 10.1. The number of rotatable bonds is 6. The number of carbonyl (C=O) groups excluding carboxylic acids is 2. The number of hydrogen-bond acceptors (Lipinski definition) is 6. The molecule has 1 saturated heterocycles. The molecular weight excluding hydrogens is 422 g/mol. The van der Waals surface area contributed by atoms with Gasteiger partial charge in [-0.1, -0.05) is 11.6 Å². The lowest BCUT2D eigenvalue weighted by molar-refractivity contribution is -0.122. The van der Waals surface area contributed by atoms with Crippen LogP contribution in [-0.4, -0.2) is 47.8 Å². The Kier molecular flexibility index (Phi) is 5.77. The van der Waals surface area contributed by atoms with Gasteiger partial charge in [-0.2, -0.15) is 4.98 Å². The fraction of sp³-hybridized carbons (Fsp3) is 0.238. The molecule has 1 fully saturated rings. The lowest BCUT2D eigenvalue weighted by Crippen LogP contribution is -2.28. The molecule has 0 spiro atoms. The van der Waals surface area contributed by atoms with Gasteiger partial charge in [0, 0.05) is 29.7 Å². The second-order valence-electron chi connectivity index (χ2n) is 6.94. The monoisotopic (exact) mass is 441 g/mol. The Morgan fingerprint density at radius 1 is 1.19 bits per heavy atom. The highest BCUT2D eigenvalue weighted by Crippen LogP contribution is 2.32. The number of H-pyrrole nitrogens is 1. The van der Waals surface area contributed by atoms with Crippen molar-refractivity contribution in [3.8, 4) is 22.9 Å². The summed E-state index contributed by atoms with van der Waals surface area (Å²) in [5.41, 5.74) is 1.37. The number of aromatic nitrogens is 3. The summed E-state index contributed by atoms with van der Waals surface area (Å²) in [5, 5.41) is 10.1. The number of amides is 2. The number of aromatic amines is 1. The van der Waals surface area contributed by atoms with Crippen molar-refractivity contribution in [3.05, 3.63) is 47.5 Å². The number of methoxy groups -OCH3 is 2. The number of ether oxygens (including phenoxy) is 2. The number of nitrogens with zero attached hydrogens (tertiary/aromatic N) is 3. The zero-order chi connectivity index (χ0) is 22.0. The Morgan fingerprint density at radius 3 is 2.68 bits per heavy atom. The number of hydrogen-bond donors (Lipinski definition) is 2. The minimum absolute atomic E-state index is 0.109. The molecule has 3 aromatic rings. The quantitative estimate of drug-likeness (QED) is 0.608. The summed E-state index contributed by atoms with van der Waals surface area (Å²) in [5.74, 6) is 0.785. The van der Waals surface area contributed by atoms with Crippen LogP contribution in [0, 0.1) is 5.92 Å². The molecule has 1 aliphatic heterocycles. The van der Waals surface area contributed by atoms with E-state index in [9.17, 15) is 9.59 Å². The third-order valence-electron chi connectivity index (χ3n) is 5.02. The SMILES string of the molecule is COc1ccc(-c2nc(NC(=O)C3CC(=O)N(c4ccc(Cl)cc4)C3)n[nH]2)c(OC)c1. The summed E-state index contributed by atoms with van der Waals surface area (Å²) >= 11 is 5.91. The predicted octanol–water partition coefficient (Wildman–Crippen LogP) is 3.13. The molecule has 4 rings (SSSR count). The standard InChI is InChI=1S/C21H20ClN5O4/c1-30-15-7-8-16(17(10-15)31-2)19-23-21(26-25-19)24-20(29)12-9-18(28)27(11-12)14-5-3-13(22)4-6-14/h3-8,10,12H,9,11H2,1-2H3,(H2,23,24,25,26,29). The van der Waals surface area contributed by atoms with Crippen LogP contribution >= 0.6 is 11.6 Å². The van der Waals surface area contributed by atoms with Crippen molar-refractivity contribution in [3.63, 3.8) is 0 Å². The van der Waals surface area contributed by atoms with Gasteiger partial charge in [-0.25, -0.2) is 0 Å². The largest absolute Gasteiger partial charge is 0.497 e. The van der Waals surface area contributed by atoms with Crippen LogP contribution in [0.3, 0.4) is 0 Å². The summed E-state index contributed by atoms with van der Waals surface area (Å²) in [7, 11) is 3.11. The molecule has 0 radical (unpaired) electrons. The second-order valence-corrected chi connectivity index (χ2v) is 7.38. The molecule has 2 heterocycles. The van der Waals surface area contributed by atoms with E-state index in [0.717, 1.165) is 0 Å². The van der Waals surface area contributed by atoms with Gasteiger partial charge in [-0.05, 0) is 36.4 Å². The van der Waals surface area contributed by atoms with Gasteiger partial charge in [0.05, 0.1) is 25.7 Å². The molecular formula is C21H20ClN5O4. The van der Waals surface area contributed by atoms with Crippen LogP contribution in [0.15, 0.2) is 42.5 Å². The summed E-state index contributed by atoms with van der Waals surface area (Å²) in [6.45, 7) is 0.274. The van der Waals surface area contributed by atoms with Gasteiger partial charge >= 0.3 is 0 Å². The maximum absolute atomic E-state index is 12.7. The van der Waals surface area contributed by atoms with Crippen molar-refractivity contribution < 1.29 is 19.1 Å². The molecule has 1 aliphatic rings. The van der Waals surface area contributed by atoms with Crippen LogP contribution < -0.4 is 19.7 Å². The molecule has 160 valence electrons. The van der Waals surface area contributed by atoms with Gasteiger partial charge in [-0.3, -0.25) is 20.0 Å². The van der Waals surface area contributed by atoms with Crippen molar-refractivity contribution in [1.29, 1.82) is 0 Å². The van der Waals surface area contributed by atoms with Crippen LogP contribution in [0.5, 0.6) is 11.5 Å². The average Bonchev–Trinajstić information content (AvgIpc) is 3.40. The van der Waals surface area contributed by atoms with E-state index in [1.165, 1.54) is 0 Å². The van der Waals surface area contributed by atoms with Crippen LogP contribution in [0.25, 0.3) is 11.4 Å². The van der Waals surface area contributed by atoms with E-state index in [2.05, 4.69) is 20.5 Å². The summed E-state index contributed by atoms with van der Waals surface area (Å²) < 4.78 is 10.6. The zero-order valence-corrected chi connectivity index (χ0v) is 17.6. The van der Waals surface area contributed by atoms with Gasteiger partial charge < -0.3 is 14.4 Å². The average molecular weight is 442 g/mol. The first-order chi connectivity index (χ1) is 15.0. The Balaban J connectivity index is 1.45. The lowest BCUT2D eigenvalue weighted by Gasteiger charge is -2.16. The highest BCUT2D eigenvalue weighted by molar-refractivity contribution is 6.30. The number of halogens is 1. The van der Waals surface area contributed by atoms with Crippen LogP contribution in [0.4, 0.5) is 11.6 Å². The summed E-state index contributed by atoms with van der Waals surface area (Å²) in [6, 6.07) is 12.2. The predicted molar refractivity (Wildman–Crippen MR) is 115 cm³/mol. The van der Waals surface area contributed by atoms with Gasteiger partial charge in [-0.15, -0.1) is 5.10 Å². The molecule has 1 aromatic heterocycles. The van der Waals surface area contributed by atoms with E-state index in [1.807, 2.05) is 0 Å². The van der Waals surface area contributed by atoms with Crippen LogP contribution in [0.2, 0.25) is 5.02 Å². The molecule has 1 unspecified atom stereocenters. The molecule has 2 N–H and O–H groups in total. The fourth-order valence-electron chi connectivity index (χ4n) is 3.40. The minimum Gasteiger partial charge on any atom is -0.497 e. The van der Waals surface area contributed by atoms with E-state index in [-0.39, 0.29) is 30.7 Å². The Hall–Kier alpha value is -3.59. The number of carbonyl (C=O) groups is 2. The zero-order valence-electron chi connectivity index (χ0n) is 16.9. The summed E-state index contributed by atoms with van der Waals surface area (Å²) in [4.78, 5) is 31.0. The van der Waals surface area contributed by atoms with Crippen molar-refractivity contribution in [1.82, 2.24) is 15.2 Å². The number of benzene rings is 2. The first-order valence-electron chi connectivity index (χ1n) is 9.50. The third-order valence-corrected chi connectivity index (χ3v) is 5.27. The van der Waals surface area contributed by atoms with E-state index < -0.39 is 5.92 Å². The van der Waals surface area contributed by atoms with E-state index in [1.54, 1.807) is 61.6 Å². The van der Waals surface area contributed by atoms with Crippen LogP contribution in [-0.2, 0) is 9.59 Å². The van der Waals surface area contributed by atoms with Crippen molar-refractivity contribution in [2.24, 2.45) is 5.92 Å². The normalized spacial score (nSPS) is 15.8. The molecule has 2 amide bonds. The molecule has 0 saturated carbocycles. The van der Waals surface area contributed by atoms with Gasteiger partial charge in [0.15, 0.2) is 5.82 Å². The highest BCUT2D eigenvalue weighted by Gasteiger charge is 2.35. The maximum Gasteiger partial charge on any atom is 0.249 e. The first-order valence-corrected chi connectivity index (χ1v) is 9.88. The fourth-order valence-corrected chi connectivity index (χ4v) is 3.52. The minimum atomic E-state index is -0.513.